The van der Waals surface area contributed by atoms with E-state index in [-0.39, 0.29) is 21.0 Å². The van der Waals surface area contributed by atoms with Gasteiger partial charge in [0.2, 0.25) is 5.91 Å². The average molecular weight is 326 g/mol. The molecule has 2 aromatic rings. The number of aromatic carboxylic acids is 1. The fraction of sp³-hybridized carbons (Fsp3) is 0. The van der Waals surface area contributed by atoms with Gasteiger partial charge in [0, 0.05) is 5.56 Å². The van der Waals surface area contributed by atoms with E-state index in [0.717, 1.165) is 11.3 Å². The Hall–Kier alpha value is -2.39. The molecule has 0 aliphatic heterocycles. The van der Waals surface area contributed by atoms with E-state index in [1.807, 2.05) is 0 Å². The Bertz CT molecular complexity index is 793. The lowest BCUT2D eigenvalue weighted by atomic mass is 10.2. The smallest absolute Gasteiger partial charge is 0.348 e. The second-order valence-electron chi connectivity index (χ2n) is 3.96. The zero-order valence-corrected chi connectivity index (χ0v) is 12.1. The first-order chi connectivity index (χ1) is 9.81. The first kappa shape index (κ1) is 15.0. The number of sulfonamides is 1. The van der Waals surface area contributed by atoms with Gasteiger partial charge >= 0.3 is 5.97 Å². The van der Waals surface area contributed by atoms with Gasteiger partial charge in [0.15, 0.2) is 0 Å². The van der Waals surface area contributed by atoms with E-state index in [0.29, 0.717) is 0 Å². The van der Waals surface area contributed by atoms with Crippen LogP contribution in [-0.2, 0) is 10.0 Å². The Morgan fingerprint density at radius 2 is 1.76 bits per heavy atom. The van der Waals surface area contributed by atoms with Crippen molar-refractivity contribution in [3.63, 3.8) is 0 Å². The molecule has 0 aliphatic rings. The number of benzene rings is 1. The number of carboxylic acids is 1. The van der Waals surface area contributed by atoms with E-state index in [9.17, 15) is 18.0 Å². The summed E-state index contributed by atoms with van der Waals surface area (Å²) >= 11 is 0.912. The lowest BCUT2D eigenvalue weighted by Gasteiger charge is -2.07. The summed E-state index contributed by atoms with van der Waals surface area (Å²) in [4.78, 5) is 21.7. The Morgan fingerprint density at radius 3 is 2.29 bits per heavy atom. The van der Waals surface area contributed by atoms with E-state index in [1.165, 1.54) is 35.7 Å². The quantitative estimate of drug-likeness (QED) is 0.764. The van der Waals surface area contributed by atoms with Crippen LogP contribution in [0.1, 0.15) is 20.0 Å². The minimum Gasteiger partial charge on any atom is -0.477 e. The Kier molecular flexibility index (Phi) is 3.96. The number of rotatable bonds is 5. The molecule has 1 heterocycles. The highest BCUT2D eigenvalue weighted by Crippen LogP contribution is 2.25. The van der Waals surface area contributed by atoms with Crippen molar-refractivity contribution in [1.29, 1.82) is 0 Å². The molecular weight excluding hydrogens is 316 g/mol. The lowest BCUT2D eigenvalue weighted by molar-refractivity contribution is 0.0703. The maximum absolute atomic E-state index is 12.1. The van der Waals surface area contributed by atoms with Crippen LogP contribution in [0.25, 0.3) is 0 Å². The molecule has 0 unspecified atom stereocenters. The number of carbonyl (C=O) groups is 2. The normalized spacial score (nSPS) is 11.0. The molecule has 0 saturated heterocycles. The largest absolute Gasteiger partial charge is 0.477 e. The van der Waals surface area contributed by atoms with Crippen LogP contribution in [0.15, 0.2) is 40.6 Å². The van der Waals surface area contributed by atoms with Gasteiger partial charge in [-0.15, -0.1) is 11.3 Å². The predicted octanol–water partition coefficient (Wildman–Crippen LogP) is 1.35. The summed E-state index contributed by atoms with van der Waals surface area (Å²) in [5.74, 6) is -1.88. The molecule has 0 atom stereocenters. The van der Waals surface area contributed by atoms with Gasteiger partial charge < -0.3 is 10.8 Å². The van der Waals surface area contributed by atoms with Crippen molar-refractivity contribution < 1.29 is 23.1 Å². The van der Waals surface area contributed by atoms with Gasteiger partial charge in [0.05, 0.1) is 10.6 Å². The third kappa shape index (κ3) is 3.20. The molecule has 9 heteroatoms. The first-order valence-electron chi connectivity index (χ1n) is 5.55. The maximum atomic E-state index is 12.1. The number of nitrogens with one attached hydrogen (secondary N) is 1. The molecule has 0 bridgehead atoms. The summed E-state index contributed by atoms with van der Waals surface area (Å²) in [7, 11) is -3.94. The highest BCUT2D eigenvalue weighted by atomic mass is 32.2. The standard InChI is InChI=1S/C12H10N2O5S2/c13-11(15)7-1-3-8(4-2-7)21(18,19)14-9-5-6-20-10(9)12(16)17/h1-6,14H,(H2,13,15)(H,16,17). The van der Waals surface area contributed by atoms with Gasteiger partial charge in [-0.2, -0.15) is 0 Å². The van der Waals surface area contributed by atoms with Crippen molar-refractivity contribution in [1.82, 2.24) is 0 Å². The Balaban J connectivity index is 2.32. The van der Waals surface area contributed by atoms with Crippen LogP contribution < -0.4 is 10.5 Å². The minimum absolute atomic E-state index is 0.00789. The molecule has 0 aliphatic carbocycles. The molecule has 4 N–H and O–H groups in total. The van der Waals surface area contributed by atoms with Crippen molar-refractivity contribution >= 4 is 38.9 Å². The number of anilines is 1. The molecule has 0 radical (unpaired) electrons. The van der Waals surface area contributed by atoms with E-state index in [4.69, 9.17) is 10.8 Å². The monoisotopic (exact) mass is 326 g/mol. The Morgan fingerprint density at radius 1 is 1.14 bits per heavy atom. The van der Waals surface area contributed by atoms with Gasteiger partial charge in [-0.1, -0.05) is 0 Å². The van der Waals surface area contributed by atoms with Gasteiger partial charge in [0.1, 0.15) is 4.88 Å². The molecule has 0 saturated carbocycles. The molecule has 21 heavy (non-hydrogen) atoms. The van der Waals surface area contributed by atoms with E-state index >= 15 is 0 Å². The van der Waals surface area contributed by atoms with Crippen LogP contribution in [0.3, 0.4) is 0 Å². The van der Waals surface area contributed by atoms with Crippen molar-refractivity contribution in [3.05, 3.63) is 46.2 Å². The van der Waals surface area contributed by atoms with Gasteiger partial charge in [-0.25, -0.2) is 13.2 Å². The van der Waals surface area contributed by atoms with Crippen molar-refractivity contribution in [2.75, 3.05) is 4.72 Å². The number of hydrogen-bond acceptors (Lipinski definition) is 5. The summed E-state index contributed by atoms with van der Waals surface area (Å²) in [6.45, 7) is 0. The molecule has 1 aromatic carbocycles. The van der Waals surface area contributed by atoms with Crippen LogP contribution in [-0.4, -0.2) is 25.4 Å². The number of hydrogen-bond donors (Lipinski definition) is 3. The van der Waals surface area contributed by atoms with Crippen molar-refractivity contribution in [3.8, 4) is 0 Å². The van der Waals surface area contributed by atoms with E-state index < -0.39 is 21.9 Å². The van der Waals surface area contributed by atoms with Crippen LogP contribution in [0.4, 0.5) is 5.69 Å². The summed E-state index contributed by atoms with van der Waals surface area (Å²) in [5, 5.41) is 10.4. The highest BCUT2D eigenvalue weighted by molar-refractivity contribution is 7.92. The molecule has 2 rings (SSSR count). The molecule has 7 nitrogen and oxygen atoms in total. The summed E-state index contributed by atoms with van der Waals surface area (Å²) in [6.07, 6.45) is 0. The SMILES string of the molecule is NC(=O)c1ccc(S(=O)(=O)Nc2ccsc2C(=O)O)cc1. The first-order valence-corrected chi connectivity index (χ1v) is 7.91. The number of carboxylic acid groups (broad SMARTS) is 1. The molecule has 0 spiro atoms. The topological polar surface area (TPSA) is 127 Å². The van der Waals surface area contributed by atoms with Crippen LogP contribution in [0.2, 0.25) is 0 Å². The number of thiophene rings is 1. The number of carbonyl (C=O) groups excluding carboxylic acids is 1. The van der Waals surface area contributed by atoms with E-state index in [2.05, 4.69) is 4.72 Å². The number of primary amides is 1. The van der Waals surface area contributed by atoms with Gasteiger partial charge in [-0.3, -0.25) is 9.52 Å². The van der Waals surface area contributed by atoms with Gasteiger partial charge in [-0.05, 0) is 35.7 Å². The highest BCUT2D eigenvalue weighted by Gasteiger charge is 2.19. The zero-order valence-electron chi connectivity index (χ0n) is 10.4. The van der Waals surface area contributed by atoms with E-state index in [1.54, 1.807) is 0 Å². The third-order valence-electron chi connectivity index (χ3n) is 2.55. The predicted molar refractivity (Wildman–Crippen MR) is 77.0 cm³/mol. The van der Waals surface area contributed by atoms with Crippen LogP contribution in [0.5, 0.6) is 0 Å². The van der Waals surface area contributed by atoms with Crippen LogP contribution in [0, 0.1) is 0 Å². The molecule has 1 amide bonds. The second-order valence-corrected chi connectivity index (χ2v) is 6.56. The van der Waals surface area contributed by atoms with Crippen molar-refractivity contribution in [2.24, 2.45) is 5.73 Å². The average Bonchev–Trinajstić information content (AvgIpc) is 2.86. The minimum atomic E-state index is -3.94. The molecule has 0 fully saturated rings. The number of amides is 1. The second kappa shape index (κ2) is 5.54. The number of nitrogens with two attached hydrogens (primary N) is 1. The Labute approximate surface area is 124 Å². The van der Waals surface area contributed by atoms with Crippen molar-refractivity contribution in [2.45, 2.75) is 4.90 Å². The summed E-state index contributed by atoms with van der Waals surface area (Å²) in [6, 6.07) is 6.36. The summed E-state index contributed by atoms with van der Waals surface area (Å²) in [5.41, 5.74) is 5.24. The van der Waals surface area contributed by atoms with Crippen LogP contribution >= 0.6 is 11.3 Å². The van der Waals surface area contributed by atoms with Gasteiger partial charge in [0.25, 0.3) is 10.0 Å². The fourth-order valence-electron chi connectivity index (χ4n) is 1.56. The summed E-state index contributed by atoms with van der Waals surface area (Å²) < 4.78 is 26.5. The third-order valence-corrected chi connectivity index (χ3v) is 4.84. The zero-order chi connectivity index (χ0) is 15.6. The molecular formula is C12H10N2O5S2. The maximum Gasteiger partial charge on any atom is 0.348 e. The lowest BCUT2D eigenvalue weighted by Crippen LogP contribution is -2.15. The molecule has 110 valence electrons. The molecule has 1 aromatic heterocycles. The fourth-order valence-corrected chi connectivity index (χ4v) is 3.38.